The monoisotopic (exact) mass is 315 g/mol. The maximum Gasteiger partial charge on any atom is 0.223 e. The molecule has 2 aromatic rings. The summed E-state index contributed by atoms with van der Waals surface area (Å²) < 4.78 is 0. The van der Waals surface area contributed by atoms with Crippen LogP contribution in [0.15, 0.2) is 54.6 Å². The fourth-order valence-corrected chi connectivity index (χ4v) is 2.81. The topological polar surface area (TPSA) is 49.3 Å². The van der Waals surface area contributed by atoms with Crippen molar-refractivity contribution in [1.29, 1.82) is 0 Å². The average molecular weight is 316 g/mol. The first-order chi connectivity index (χ1) is 10.6. The van der Waals surface area contributed by atoms with Crippen LogP contribution in [0.1, 0.15) is 29.6 Å². The molecule has 3 nitrogen and oxygen atoms in total. The Morgan fingerprint density at radius 3 is 2.55 bits per heavy atom. The van der Waals surface area contributed by atoms with Crippen LogP contribution in [0, 0.1) is 5.92 Å². The highest BCUT2D eigenvalue weighted by molar-refractivity contribution is 6.30. The van der Waals surface area contributed by atoms with E-state index in [0.717, 1.165) is 12.0 Å². The molecule has 22 heavy (non-hydrogen) atoms. The van der Waals surface area contributed by atoms with Gasteiger partial charge < -0.3 is 10.4 Å². The smallest absolute Gasteiger partial charge is 0.223 e. The SMILES string of the molecule is O=C(NCC(O)c1ccc(Cl)cc1)C1CC1c1ccccc1. The molecule has 1 fully saturated rings. The molecule has 3 atom stereocenters. The van der Waals surface area contributed by atoms with Crippen molar-refractivity contribution in [2.75, 3.05) is 6.54 Å². The zero-order valence-corrected chi connectivity index (χ0v) is 12.8. The molecular formula is C18H18ClNO2. The standard InChI is InChI=1S/C18H18ClNO2/c19-14-8-6-13(7-9-14)17(21)11-20-18(22)16-10-15(16)12-4-2-1-3-5-12/h1-9,15-17,21H,10-11H2,(H,20,22). The van der Waals surface area contributed by atoms with Gasteiger partial charge in [0.05, 0.1) is 6.10 Å². The second-order valence-electron chi connectivity index (χ2n) is 5.67. The van der Waals surface area contributed by atoms with Crippen LogP contribution in [0.4, 0.5) is 0 Å². The van der Waals surface area contributed by atoms with E-state index in [1.165, 1.54) is 5.56 Å². The van der Waals surface area contributed by atoms with Gasteiger partial charge in [-0.1, -0.05) is 54.1 Å². The highest BCUT2D eigenvalue weighted by Gasteiger charge is 2.43. The number of nitrogens with one attached hydrogen (secondary N) is 1. The highest BCUT2D eigenvalue weighted by Crippen LogP contribution is 2.47. The largest absolute Gasteiger partial charge is 0.387 e. The van der Waals surface area contributed by atoms with E-state index in [-0.39, 0.29) is 18.4 Å². The Balaban J connectivity index is 1.50. The van der Waals surface area contributed by atoms with E-state index in [4.69, 9.17) is 11.6 Å². The number of carbonyl (C=O) groups is 1. The van der Waals surface area contributed by atoms with Crippen molar-refractivity contribution >= 4 is 17.5 Å². The first-order valence-corrected chi connectivity index (χ1v) is 7.79. The Labute approximate surface area is 134 Å². The molecule has 3 unspecified atom stereocenters. The van der Waals surface area contributed by atoms with Crippen molar-refractivity contribution in [2.24, 2.45) is 5.92 Å². The van der Waals surface area contributed by atoms with Gasteiger partial charge in [0.1, 0.15) is 0 Å². The minimum Gasteiger partial charge on any atom is -0.387 e. The minimum absolute atomic E-state index is 0.0156. The molecule has 0 aromatic heterocycles. The van der Waals surface area contributed by atoms with Gasteiger partial charge in [-0.05, 0) is 35.6 Å². The zero-order valence-electron chi connectivity index (χ0n) is 12.1. The van der Waals surface area contributed by atoms with E-state index in [2.05, 4.69) is 17.4 Å². The van der Waals surface area contributed by atoms with Gasteiger partial charge in [0.25, 0.3) is 0 Å². The van der Waals surface area contributed by atoms with Crippen LogP contribution in [0.25, 0.3) is 0 Å². The molecule has 3 rings (SSSR count). The van der Waals surface area contributed by atoms with Gasteiger partial charge >= 0.3 is 0 Å². The Morgan fingerprint density at radius 1 is 1.18 bits per heavy atom. The fourth-order valence-electron chi connectivity index (χ4n) is 2.68. The van der Waals surface area contributed by atoms with Gasteiger partial charge in [-0.3, -0.25) is 4.79 Å². The number of aliphatic hydroxyl groups excluding tert-OH is 1. The van der Waals surface area contributed by atoms with Crippen LogP contribution in [0.3, 0.4) is 0 Å². The number of amides is 1. The first-order valence-electron chi connectivity index (χ1n) is 7.41. The lowest BCUT2D eigenvalue weighted by Crippen LogP contribution is -2.30. The number of aliphatic hydroxyl groups is 1. The predicted molar refractivity (Wildman–Crippen MR) is 86.7 cm³/mol. The van der Waals surface area contributed by atoms with Gasteiger partial charge in [-0.15, -0.1) is 0 Å². The lowest BCUT2D eigenvalue weighted by atomic mass is 10.1. The van der Waals surface area contributed by atoms with Gasteiger partial charge in [0, 0.05) is 17.5 Å². The molecule has 1 amide bonds. The van der Waals surface area contributed by atoms with Crippen LogP contribution in [0.2, 0.25) is 5.02 Å². The Kier molecular flexibility index (Phi) is 4.46. The second kappa shape index (κ2) is 6.51. The van der Waals surface area contributed by atoms with Crippen molar-refractivity contribution in [1.82, 2.24) is 5.32 Å². The lowest BCUT2D eigenvalue weighted by Gasteiger charge is -2.12. The number of halogens is 1. The molecule has 0 aliphatic heterocycles. The molecular weight excluding hydrogens is 298 g/mol. The van der Waals surface area contributed by atoms with E-state index in [1.807, 2.05) is 18.2 Å². The van der Waals surface area contributed by atoms with Crippen molar-refractivity contribution in [3.05, 3.63) is 70.7 Å². The van der Waals surface area contributed by atoms with Crippen LogP contribution >= 0.6 is 11.6 Å². The normalized spacial score (nSPS) is 21.2. The van der Waals surface area contributed by atoms with Crippen LogP contribution in [-0.4, -0.2) is 17.6 Å². The average Bonchev–Trinajstić information content (AvgIpc) is 3.34. The molecule has 1 aliphatic carbocycles. The Morgan fingerprint density at radius 2 is 1.86 bits per heavy atom. The number of rotatable bonds is 5. The van der Waals surface area contributed by atoms with E-state index >= 15 is 0 Å². The summed E-state index contributed by atoms with van der Waals surface area (Å²) in [5, 5.41) is 13.6. The van der Waals surface area contributed by atoms with Crippen molar-refractivity contribution in [3.8, 4) is 0 Å². The molecule has 1 aliphatic rings. The lowest BCUT2D eigenvalue weighted by molar-refractivity contribution is -0.122. The van der Waals surface area contributed by atoms with Gasteiger partial charge in [0.15, 0.2) is 0 Å². The zero-order chi connectivity index (χ0) is 15.5. The van der Waals surface area contributed by atoms with E-state index in [1.54, 1.807) is 24.3 Å². The van der Waals surface area contributed by atoms with E-state index < -0.39 is 6.10 Å². The Hall–Kier alpha value is -1.84. The van der Waals surface area contributed by atoms with Gasteiger partial charge in [-0.25, -0.2) is 0 Å². The molecule has 4 heteroatoms. The maximum absolute atomic E-state index is 12.1. The number of benzene rings is 2. The summed E-state index contributed by atoms with van der Waals surface area (Å²) in [5.74, 6) is 0.357. The molecule has 2 aromatic carbocycles. The van der Waals surface area contributed by atoms with E-state index in [9.17, 15) is 9.90 Å². The first kappa shape index (κ1) is 15.1. The molecule has 0 spiro atoms. The molecule has 0 heterocycles. The van der Waals surface area contributed by atoms with Crippen molar-refractivity contribution in [3.63, 3.8) is 0 Å². The molecule has 2 N–H and O–H groups in total. The third-order valence-corrected chi connectivity index (χ3v) is 4.33. The summed E-state index contributed by atoms with van der Waals surface area (Å²) in [6, 6.07) is 17.1. The molecule has 0 saturated heterocycles. The molecule has 114 valence electrons. The molecule has 1 saturated carbocycles. The second-order valence-corrected chi connectivity index (χ2v) is 6.11. The van der Waals surface area contributed by atoms with Crippen LogP contribution in [0.5, 0.6) is 0 Å². The molecule has 0 bridgehead atoms. The van der Waals surface area contributed by atoms with Gasteiger partial charge in [0.2, 0.25) is 5.91 Å². The van der Waals surface area contributed by atoms with E-state index in [0.29, 0.717) is 10.9 Å². The fraction of sp³-hybridized carbons (Fsp3) is 0.278. The summed E-state index contributed by atoms with van der Waals surface area (Å²) in [6.07, 6.45) is 0.169. The van der Waals surface area contributed by atoms with Gasteiger partial charge in [-0.2, -0.15) is 0 Å². The summed E-state index contributed by atoms with van der Waals surface area (Å²) >= 11 is 5.82. The summed E-state index contributed by atoms with van der Waals surface area (Å²) in [6.45, 7) is 0.221. The summed E-state index contributed by atoms with van der Waals surface area (Å²) in [7, 11) is 0. The quantitative estimate of drug-likeness (QED) is 0.889. The third-order valence-electron chi connectivity index (χ3n) is 4.08. The highest BCUT2D eigenvalue weighted by atomic mass is 35.5. The summed E-state index contributed by atoms with van der Waals surface area (Å²) in [4.78, 5) is 12.1. The van der Waals surface area contributed by atoms with Crippen molar-refractivity contribution in [2.45, 2.75) is 18.4 Å². The maximum atomic E-state index is 12.1. The number of carbonyl (C=O) groups excluding carboxylic acids is 1. The van der Waals surface area contributed by atoms with Crippen molar-refractivity contribution < 1.29 is 9.90 Å². The summed E-state index contributed by atoms with van der Waals surface area (Å²) in [5.41, 5.74) is 1.96. The van der Waals surface area contributed by atoms with Crippen LogP contribution < -0.4 is 5.32 Å². The Bertz CT molecular complexity index is 642. The van der Waals surface area contributed by atoms with Crippen LogP contribution in [-0.2, 0) is 4.79 Å². The minimum atomic E-state index is -0.713. The number of hydrogen-bond acceptors (Lipinski definition) is 2. The third kappa shape index (κ3) is 3.49. The molecule has 0 radical (unpaired) electrons. The predicted octanol–water partition coefficient (Wildman–Crippen LogP) is 3.29. The number of hydrogen-bond donors (Lipinski definition) is 2.